The van der Waals surface area contributed by atoms with E-state index in [1.165, 1.54) is 4.90 Å². The van der Waals surface area contributed by atoms with Crippen molar-refractivity contribution in [3.05, 3.63) is 65.2 Å². The average Bonchev–Trinajstić information content (AvgIpc) is 2.98. The van der Waals surface area contributed by atoms with Crippen molar-refractivity contribution in [2.45, 2.75) is 69.6 Å². The number of amides is 1. The number of hydrogen-bond donors (Lipinski definition) is 3. The van der Waals surface area contributed by atoms with Crippen LogP contribution in [0.1, 0.15) is 55.3 Å². The number of anilines is 1. The topological polar surface area (TPSA) is 122 Å². The van der Waals surface area contributed by atoms with Crippen LogP contribution in [0.3, 0.4) is 0 Å². The molecule has 4 unspecified atom stereocenters. The minimum atomic E-state index is -1.01. The Morgan fingerprint density at radius 1 is 1.14 bits per heavy atom. The monoisotopic (exact) mass is 551 g/mol. The second-order valence-electron chi connectivity index (χ2n) is 9.21. The Bertz CT molecular complexity index is 1080. The number of carboxylic acids is 1. The lowest BCUT2D eigenvalue weighted by atomic mass is 9.88. The summed E-state index contributed by atoms with van der Waals surface area (Å²) >= 11 is 0. The fraction of sp³-hybridized carbons (Fsp3) is 0.444. The third kappa shape index (κ3) is 6.74. The number of rotatable bonds is 8. The molecule has 4 rings (SSSR count). The molecule has 0 saturated carbocycles. The predicted molar refractivity (Wildman–Crippen MR) is 146 cm³/mol. The van der Waals surface area contributed by atoms with E-state index in [0.717, 1.165) is 16.7 Å². The van der Waals surface area contributed by atoms with E-state index in [0.29, 0.717) is 37.8 Å². The largest absolute Gasteiger partial charge is 0.480 e. The minimum absolute atomic E-state index is 0. The van der Waals surface area contributed by atoms with Gasteiger partial charge in [0.25, 0.3) is 0 Å². The Morgan fingerprint density at radius 3 is 2.54 bits per heavy atom. The normalized spacial score (nSPS) is 21.3. The number of nitrogens with one attached hydrogen (secondary N) is 1. The number of aryl methyl sites for hydroxylation is 1. The SMILES string of the molecule is CCOC(=O)C(CCc1ccccc1)NC1Cc2c(N)cccc2C2CCCC(C(=O)O)N2C1=O.Cl.Cl. The maximum absolute atomic E-state index is 13.9. The summed E-state index contributed by atoms with van der Waals surface area (Å²) in [6.07, 6.45) is 3.13. The van der Waals surface area contributed by atoms with Gasteiger partial charge in [-0.05, 0) is 68.2 Å². The van der Waals surface area contributed by atoms with Crippen LogP contribution in [0.5, 0.6) is 0 Å². The minimum Gasteiger partial charge on any atom is -0.480 e. The summed E-state index contributed by atoms with van der Waals surface area (Å²) in [5.74, 6) is -1.75. The Morgan fingerprint density at radius 2 is 1.86 bits per heavy atom. The van der Waals surface area contributed by atoms with E-state index in [9.17, 15) is 19.5 Å². The van der Waals surface area contributed by atoms with Crippen LogP contribution in [0.15, 0.2) is 48.5 Å². The second kappa shape index (κ2) is 13.7. The highest BCUT2D eigenvalue weighted by molar-refractivity contribution is 5.90. The number of benzene rings is 2. The standard InChI is InChI=1S/C27H33N3O5.2ClH/c1-2-35-27(34)21(15-14-17-8-4-3-5-9-17)29-22-16-19-18(10-6-11-20(19)28)23-12-7-13-24(26(32)33)30(23)25(22)31;;/h3-6,8-11,21-24,29H,2,7,12-16,28H2,1H3,(H,32,33);2*1H. The van der Waals surface area contributed by atoms with Crippen LogP contribution >= 0.6 is 24.8 Å². The molecule has 4 N–H and O–H groups in total. The van der Waals surface area contributed by atoms with Crippen molar-refractivity contribution in [1.82, 2.24) is 10.2 Å². The first kappa shape index (κ1) is 30.4. The van der Waals surface area contributed by atoms with Gasteiger partial charge in [0.05, 0.1) is 18.7 Å². The quantitative estimate of drug-likeness (QED) is 0.337. The van der Waals surface area contributed by atoms with Gasteiger partial charge in [0.2, 0.25) is 5.91 Å². The van der Waals surface area contributed by atoms with Gasteiger partial charge < -0.3 is 20.5 Å². The lowest BCUT2D eigenvalue weighted by Crippen LogP contribution is -2.57. The molecule has 0 radical (unpaired) electrons. The molecule has 0 aliphatic carbocycles. The molecular formula is C27H35Cl2N3O5. The zero-order valence-electron chi connectivity index (χ0n) is 20.8. The zero-order chi connectivity index (χ0) is 24.9. The maximum atomic E-state index is 13.9. The molecule has 1 amide bonds. The molecule has 2 aromatic carbocycles. The molecule has 0 spiro atoms. The van der Waals surface area contributed by atoms with Crippen molar-refractivity contribution in [1.29, 1.82) is 0 Å². The number of piperidine rings is 1. The van der Waals surface area contributed by atoms with E-state index < -0.39 is 30.1 Å². The molecule has 2 aliphatic rings. The van der Waals surface area contributed by atoms with Gasteiger partial charge in [0.1, 0.15) is 12.1 Å². The summed E-state index contributed by atoms with van der Waals surface area (Å²) in [5.41, 5.74) is 9.72. The zero-order valence-corrected chi connectivity index (χ0v) is 22.4. The molecular weight excluding hydrogens is 517 g/mol. The van der Waals surface area contributed by atoms with Crippen LogP contribution in [0.4, 0.5) is 5.69 Å². The molecule has 202 valence electrons. The van der Waals surface area contributed by atoms with Crippen molar-refractivity contribution < 1.29 is 24.2 Å². The van der Waals surface area contributed by atoms with Crippen LogP contribution < -0.4 is 11.1 Å². The Hall–Kier alpha value is -2.81. The number of nitrogen functional groups attached to an aromatic ring is 1. The number of hydrogen-bond acceptors (Lipinski definition) is 6. The van der Waals surface area contributed by atoms with Crippen molar-refractivity contribution in [3.63, 3.8) is 0 Å². The number of carbonyl (C=O) groups excluding carboxylic acids is 2. The number of ether oxygens (including phenoxy) is 1. The maximum Gasteiger partial charge on any atom is 0.326 e. The number of esters is 1. The molecule has 2 aliphatic heterocycles. The van der Waals surface area contributed by atoms with E-state index in [2.05, 4.69) is 5.32 Å². The molecule has 0 bridgehead atoms. The van der Waals surface area contributed by atoms with Gasteiger partial charge in [-0.1, -0.05) is 42.5 Å². The third-order valence-corrected chi connectivity index (χ3v) is 7.02. The fourth-order valence-electron chi connectivity index (χ4n) is 5.34. The molecule has 2 aromatic rings. The lowest BCUT2D eigenvalue weighted by Gasteiger charge is -2.41. The molecule has 2 heterocycles. The third-order valence-electron chi connectivity index (χ3n) is 7.02. The summed E-state index contributed by atoms with van der Waals surface area (Å²) in [6.45, 7) is 1.97. The summed E-state index contributed by atoms with van der Waals surface area (Å²) in [6, 6.07) is 12.6. The molecule has 10 heteroatoms. The van der Waals surface area contributed by atoms with E-state index in [-0.39, 0.29) is 49.8 Å². The van der Waals surface area contributed by atoms with Crippen molar-refractivity contribution in [2.75, 3.05) is 12.3 Å². The fourth-order valence-corrected chi connectivity index (χ4v) is 5.34. The van der Waals surface area contributed by atoms with Crippen molar-refractivity contribution in [3.8, 4) is 0 Å². The van der Waals surface area contributed by atoms with E-state index in [1.54, 1.807) is 13.0 Å². The molecule has 1 saturated heterocycles. The molecule has 0 aromatic heterocycles. The van der Waals surface area contributed by atoms with Crippen LogP contribution in [0.25, 0.3) is 0 Å². The van der Waals surface area contributed by atoms with Gasteiger partial charge in [-0.3, -0.25) is 14.9 Å². The first-order valence-corrected chi connectivity index (χ1v) is 12.3. The van der Waals surface area contributed by atoms with Crippen LogP contribution in [-0.4, -0.2) is 52.6 Å². The summed E-state index contributed by atoms with van der Waals surface area (Å²) in [7, 11) is 0. The summed E-state index contributed by atoms with van der Waals surface area (Å²) < 4.78 is 5.31. The average molecular weight is 552 g/mol. The Balaban J connectivity index is 0.00000241. The van der Waals surface area contributed by atoms with E-state index in [1.807, 2.05) is 42.5 Å². The number of carbonyl (C=O) groups is 3. The molecule has 1 fully saturated rings. The Labute approximate surface area is 229 Å². The smallest absolute Gasteiger partial charge is 0.326 e. The van der Waals surface area contributed by atoms with E-state index >= 15 is 0 Å². The molecule has 37 heavy (non-hydrogen) atoms. The van der Waals surface area contributed by atoms with Gasteiger partial charge in [-0.25, -0.2) is 4.79 Å². The van der Waals surface area contributed by atoms with E-state index in [4.69, 9.17) is 10.5 Å². The summed E-state index contributed by atoms with van der Waals surface area (Å²) in [5, 5.41) is 13.2. The van der Waals surface area contributed by atoms with Crippen LogP contribution in [0, 0.1) is 0 Å². The number of nitrogens with zero attached hydrogens (tertiary/aromatic N) is 1. The number of nitrogens with two attached hydrogens (primary N) is 1. The van der Waals surface area contributed by atoms with Crippen LogP contribution in [-0.2, 0) is 32.0 Å². The lowest BCUT2D eigenvalue weighted by molar-refractivity contribution is -0.156. The van der Waals surface area contributed by atoms with Gasteiger partial charge >= 0.3 is 11.9 Å². The highest BCUT2D eigenvalue weighted by Gasteiger charge is 2.45. The highest BCUT2D eigenvalue weighted by Crippen LogP contribution is 2.40. The highest BCUT2D eigenvalue weighted by atomic mass is 35.5. The number of halogens is 2. The first-order valence-electron chi connectivity index (χ1n) is 12.3. The Kier molecular flexibility index (Phi) is 11.2. The summed E-state index contributed by atoms with van der Waals surface area (Å²) in [4.78, 5) is 40.4. The van der Waals surface area contributed by atoms with Gasteiger partial charge in [0.15, 0.2) is 0 Å². The van der Waals surface area contributed by atoms with Crippen molar-refractivity contribution in [2.24, 2.45) is 0 Å². The van der Waals surface area contributed by atoms with Crippen LogP contribution in [0.2, 0.25) is 0 Å². The van der Waals surface area contributed by atoms with Gasteiger partial charge in [-0.15, -0.1) is 24.8 Å². The van der Waals surface area contributed by atoms with Gasteiger partial charge in [0, 0.05) is 5.69 Å². The number of carboxylic acid groups (broad SMARTS) is 1. The number of fused-ring (bicyclic) bond motifs is 3. The van der Waals surface area contributed by atoms with Gasteiger partial charge in [-0.2, -0.15) is 0 Å². The number of aliphatic carboxylic acids is 1. The predicted octanol–water partition coefficient (Wildman–Crippen LogP) is 3.70. The second-order valence-corrected chi connectivity index (χ2v) is 9.21. The first-order chi connectivity index (χ1) is 16.9. The molecule has 4 atom stereocenters. The van der Waals surface area contributed by atoms with Crippen molar-refractivity contribution >= 4 is 48.3 Å². The molecule has 8 nitrogen and oxygen atoms in total.